The van der Waals surface area contributed by atoms with Crippen molar-refractivity contribution in [2.45, 2.75) is 41.5 Å². The lowest BCUT2D eigenvalue weighted by Gasteiger charge is -2.32. The Bertz CT molecular complexity index is 537. The van der Waals surface area contributed by atoms with Crippen molar-refractivity contribution in [3.05, 3.63) is 40.1 Å². The maximum absolute atomic E-state index is 12.6. The molecule has 1 aromatic rings. The molecule has 0 saturated heterocycles. The molecule has 0 fully saturated rings. The van der Waals surface area contributed by atoms with Crippen LogP contribution in [0.15, 0.2) is 17.9 Å². The number of ether oxygens (including phenoxy) is 1. The van der Waals surface area contributed by atoms with Gasteiger partial charge in [0.25, 0.3) is 0 Å². The average Bonchev–Trinajstić information content (AvgIpc) is 2.30. The third-order valence-electron chi connectivity index (χ3n) is 3.22. The first-order chi connectivity index (χ1) is 9.09. The largest absolute Gasteiger partial charge is 0.874 e. The molecule has 0 radical (unpaired) electrons. The Balaban J connectivity index is 3.70. The number of benzene rings is 1. The van der Waals surface area contributed by atoms with Gasteiger partial charge in [-0.25, -0.2) is 4.79 Å². The van der Waals surface area contributed by atoms with Gasteiger partial charge in [0.05, 0.1) is 12.7 Å². The fourth-order valence-electron chi connectivity index (χ4n) is 2.36. The van der Waals surface area contributed by atoms with E-state index in [0.717, 1.165) is 16.7 Å². The summed E-state index contributed by atoms with van der Waals surface area (Å²) >= 11 is 0. The van der Waals surface area contributed by atoms with Crippen molar-refractivity contribution in [1.82, 2.24) is 0 Å². The van der Waals surface area contributed by atoms with E-state index in [0.29, 0.717) is 5.56 Å². The van der Waals surface area contributed by atoms with E-state index in [9.17, 15) is 9.90 Å². The number of methoxy groups -OCH3 is 1. The molecule has 0 atom stereocenters. The molecule has 0 aromatic heterocycles. The minimum absolute atomic E-state index is 0.148. The van der Waals surface area contributed by atoms with Crippen molar-refractivity contribution in [2.75, 3.05) is 7.11 Å². The lowest BCUT2D eigenvalue weighted by molar-refractivity contribution is -0.321. The first-order valence-corrected chi connectivity index (χ1v) is 6.68. The molecule has 0 aliphatic rings. The van der Waals surface area contributed by atoms with Crippen LogP contribution in [0.2, 0.25) is 0 Å². The van der Waals surface area contributed by atoms with E-state index in [2.05, 4.69) is 0 Å². The summed E-state index contributed by atoms with van der Waals surface area (Å²) in [5.41, 5.74) is 3.15. The first-order valence-electron chi connectivity index (χ1n) is 6.68. The highest BCUT2D eigenvalue weighted by Gasteiger charge is 2.23. The van der Waals surface area contributed by atoms with Crippen LogP contribution in [0.4, 0.5) is 0 Å². The Kier molecular flexibility index (Phi) is 4.64. The van der Waals surface area contributed by atoms with Crippen LogP contribution in [0, 0.1) is 26.2 Å². The van der Waals surface area contributed by atoms with E-state index in [-0.39, 0.29) is 11.3 Å². The number of allylic oxidation sites excluding steroid dienone is 1. The zero-order valence-corrected chi connectivity index (χ0v) is 13.4. The number of carbonyl (C=O) groups excluding carboxylic acids is 1. The van der Waals surface area contributed by atoms with E-state index in [1.54, 1.807) is 20.8 Å². The highest BCUT2D eigenvalue weighted by molar-refractivity contribution is 6.18. The molecule has 0 amide bonds. The number of esters is 1. The van der Waals surface area contributed by atoms with Gasteiger partial charge in [0.1, 0.15) is 0 Å². The van der Waals surface area contributed by atoms with Gasteiger partial charge in [-0.15, -0.1) is 5.76 Å². The van der Waals surface area contributed by atoms with E-state index in [4.69, 9.17) is 4.74 Å². The van der Waals surface area contributed by atoms with Gasteiger partial charge in [-0.2, -0.15) is 0 Å². The van der Waals surface area contributed by atoms with Crippen molar-refractivity contribution in [1.29, 1.82) is 0 Å². The SMILES string of the molecule is COC(=O)/C(=C(\[O-])C(C)(C)C)c1c(C)cc(C)cc1C. The molecule has 0 heterocycles. The van der Waals surface area contributed by atoms with Gasteiger partial charge >= 0.3 is 5.97 Å². The minimum atomic E-state index is -0.632. The van der Waals surface area contributed by atoms with Crippen LogP contribution in [-0.4, -0.2) is 13.1 Å². The van der Waals surface area contributed by atoms with Gasteiger partial charge in [-0.3, -0.25) is 0 Å². The molecule has 0 N–H and O–H groups in total. The van der Waals surface area contributed by atoms with Gasteiger partial charge in [0.15, 0.2) is 0 Å². The van der Waals surface area contributed by atoms with Crippen LogP contribution in [0.1, 0.15) is 43.0 Å². The number of carbonyl (C=O) groups is 1. The predicted molar refractivity (Wildman–Crippen MR) is 79.0 cm³/mol. The van der Waals surface area contributed by atoms with Crippen LogP contribution in [0.25, 0.3) is 5.57 Å². The van der Waals surface area contributed by atoms with Gasteiger partial charge in [-0.1, -0.05) is 38.5 Å². The summed E-state index contributed by atoms with van der Waals surface area (Å²) in [6.45, 7) is 11.2. The van der Waals surface area contributed by atoms with Crippen LogP contribution >= 0.6 is 0 Å². The standard InChI is InChI=1S/C17H24O3/c1-10-8-11(2)13(12(3)9-10)14(16(19)20-7)15(18)17(4,5)6/h8-9,18H,1-7H3/p-1/b15-14-. The van der Waals surface area contributed by atoms with E-state index in [1.807, 2.05) is 32.9 Å². The van der Waals surface area contributed by atoms with Gasteiger partial charge < -0.3 is 9.84 Å². The molecule has 110 valence electrons. The molecule has 0 aliphatic heterocycles. The van der Waals surface area contributed by atoms with Crippen molar-refractivity contribution < 1.29 is 14.6 Å². The molecule has 0 spiro atoms. The van der Waals surface area contributed by atoms with Crippen molar-refractivity contribution in [2.24, 2.45) is 5.41 Å². The van der Waals surface area contributed by atoms with E-state index >= 15 is 0 Å². The fourth-order valence-corrected chi connectivity index (χ4v) is 2.36. The number of hydrogen-bond acceptors (Lipinski definition) is 3. The van der Waals surface area contributed by atoms with Gasteiger partial charge in [0.2, 0.25) is 0 Å². The molecule has 3 nitrogen and oxygen atoms in total. The molecule has 1 rings (SSSR count). The molecular weight excluding hydrogens is 252 g/mol. The maximum atomic E-state index is 12.6. The van der Waals surface area contributed by atoms with E-state index < -0.39 is 11.4 Å². The Morgan fingerprint density at radius 1 is 1.10 bits per heavy atom. The Morgan fingerprint density at radius 2 is 1.55 bits per heavy atom. The van der Waals surface area contributed by atoms with E-state index in [1.165, 1.54) is 7.11 Å². The molecule has 1 aromatic carbocycles. The summed E-state index contributed by atoms with van der Waals surface area (Å²) in [6, 6.07) is 3.95. The third-order valence-corrected chi connectivity index (χ3v) is 3.22. The summed E-state index contributed by atoms with van der Waals surface area (Å²) in [4.78, 5) is 12.1. The molecule has 3 heteroatoms. The minimum Gasteiger partial charge on any atom is -0.874 e. The highest BCUT2D eigenvalue weighted by Crippen LogP contribution is 2.33. The summed E-state index contributed by atoms with van der Waals surface area (Å²) < 4.78 is 4.83. The smallest absolute Gasteiger partial charge is 0.337 e. The van der Waals surface area contributed by atoms with Crippen LogP contribution in [0.3, 0.4) is 0 Å². The summed E-state index contributed by atoms with van der Waals surface area (Å²) in [6.07, 6.45) is 0. The quantitative estimate of drug-likeness (QED) is 0.474. The van der Waals surface area contributed by atoms with Gasteiger partial charge in [-0.05, 0) is 42.9 Å². The molecular formula is C17H23O3-. The lowest BCUT2D eigenvalue weighted by Crippen LogP contribution is -2.26. The molecule has 0 saturated carbocycles. The zero-order chi connectivity index (χ0) is 15.7. The summed E-state index contributed by atoms with van der Waals surface area (Å²) in [5.74, 6) is -0.764. The second kappa shape index (κ2) is 5.70. The zero-order valence-electron chi connectivity index (χ0n) is 13.4. The third kappa shape index (κ3) is 3.21. The number of hydrogen-bond donors (Lipinski definition) is 0. The fraction of sp³-hybridized carbons (Fsp3) is 0.471. The highest BCUT2D eigenvalue weighted by atomic mass is 16.5. The monoisotopic (exact) mass is 275 g/mol. The van der Waals surface area contributed by atoms with Gasteiger partial charge in [0, 0.05) is 0 Å². The summed E-state index contributed by atoms with van der Waals surface area (Å²) in [7, 11) is 1.30. The first kappa shape index (κ1) is 16.3. The van der Waals surface area contributed by atoms with Crippen molar-refractivity contribution in [3.8, 4) is 0 Å². The second-order valence-electron chi connectivity index (χ2n) is 6.22. The normalized spacial score (nSPS) is 12.9. The topological polar surface area (TPSA) is 49.4 Å². The van der Waals surface area contributed by atoms with Crippen LogP contribution < -0.4 is 5.11 Å². The second-order valence-corrected chi connectivity index (χ2v) is 6.22. The molecule has 0 aliphatic carbocycles. The Morgan fingerprint density at radius 3 is 1.90 bits per heavy atom. The molecule has 0 unspecified atom stereocenters. The Hall–Kier alpha value is -1.77. The van der Waals surface area contributed by atoms with Crippen molar-refractivity contribution in [3.63, 3.8) is 0 Å². The van der Waals surface area contributed by atoms with Crippen LogP contribution in [0.5, 0.6) is 0 Å². The number of rotatable bonds is 2. The lowest BCUT2D eigenvalue weighted by atomic mass is 9.85. The Labute approximate surface area is 121 Å². The molecule has 20 heavy (non-hydrogen) atoms. The van der Waals surface area contributed by atoms with Crippen molar-refractivity contribution >= 4 is 11.5 Å². The van der Waals surface area contributed by atoms with Crippen LogP contribution in [-0.2, 0) is 9.53 Å². The maximum Gasteiger partial charge on any atom is 0.337 e. The number of aryl methyl sites for hydroxylation is 3. The summed E-state index contributed by atoms with van der Waals surface area (Å²) in [5, 5.41) is 12.6. The molecule has 0 bridgehead atoms. The average molecular weight is 275 g/mol. The predicted octanol–water partition coefficient (Wildman–Crippen LogP) is 2.90.